The monoisotopic (exact) mass is 292 g/mol. The number of ether oxygens (including phenoxy) is 1. The quantitative estimate of drug-likeness (QED) is 0.879. The number of hydrogen-bond donors (Lipinski definition) is 1. The zero-order valence-electron chi connectivity index (χ0n) is 10.4. The van der Waals surface area contributed by atoms with Gasteiger partial charge in [0.05, 0.1) is 0 Å². The minimum atomic E-state index is 0.327. The fourth-order valence-electron chi connectivity index (χ4n) is 1.62. The Hall–Kier alpha value is -1.65. The molecule has 0 saturated heterocycles. The number of hydrogen-bond acceptors (Lipinski definition) is 3. The molecule has 1 aromatic carbocycles. The Kier molecular flexibility index (Phi) is 4.35. The highest BCUT2D eigenvalue weighted by atomic mass is 35.5. The third-order valence-electron chi connectivity index (χ3n) is 2.55. The molecule has 2 rings (SSSR count). The average Bonchev–Trinajstić information content (AvgIpc) is 2.37. The number of thiocarbonyl (C=S) groups is 1. The molecule has 0 aliphatic carbocycles. The molecule has 0 spiro atoms. The first-order chi connectivity index (χ1) is 9.06. The summed E-state index contributed by atoms with van der Waals surface area (Å²) in [6.45, 7) is 2.22. The second-order valence-corrected chi connectivity index (χ2v) is 4.93. The van der Waals surface area contributed by atoms with E-state index in [1.807, 2.05) is 37.3 Å². The molecule has 5 heteroatoms. The van der Waals surface area contributed by atoms with Gasteiger partial charge in [0.25, 0.3) is 0 Å². The van der Waals surface area contributed by atoms with Crippen LogP contribution >= 0.6 is 23.8 Å². The molecule has 0 unspecified atom stereocenters. The highest BCUT2D eigenvalue weighted by Crippen LogP contribution is 2.18. The van der Waals surface area contributed by atoms with Crippen LogP contribution in [0.4, 0.5) is 0 Å². The van der Waals surface area contributed by atoms with Gasteiger partial charge in [-0.3, -0.25) is 0 Å². The van der Waals surface area contributed by atoms with Crippen molar-refractivity contribution in [2.24, 2.45) is 5.73 Å². The molecule has 0 saturated carbocycles. The summed E-state index contributed by atoms with van der Waals surface area (Å²) in [6, 6.07) is 11.1. The molecule has 19 heavy (non-hydrogen) atoms. The molecule has 0 atom stereocenters. The molecule has 3 nitrogen and oxygen atoms in total. The smallest absolute Gasteiger partial charge is 0.214 e. The predicted octanol–water partition coefficient (Wildman–Crippen LogP) is 3.26. The van der Waals surface area contributed by atoms with Crippen molar-refractivity contribution in [2.75, 3.05) is 0 Å². The number of rotatable bonds is 4. The second-order valence-electron chi connectivity index (χ2n) is 4.08. The first kappa shape index (κ1) is 13.8. The van der Waals surface area contributed by atoms with Gasteiger partial charge in [0.1, 0.15) is 11.6 Å². The van der Waals surface area contributed by atoms with E-state index in [4.69, 9.17) is 34.3 Å². The summed E-state index contributed by atoms with van der Waals surface area (Å²) in [7, 11) is 0. The second kappa shape index (κ2) is 5.99. The van der Waals surface area contributed by atoms with E-state index in [1.54, 1.807) is 6.07 Å². The topological polar surface area (TPSA) is 48.1 Å². The van der Waals surface area contributed by atoms with Crippen LogP contribution in [0.15, 0.2) is 36.4 Å². The van der Waals surface area contributed by atoms with Gasteiger partial charge in [-0.2, -0.15) is 0 Å². The van der Waals surface area contributed by atoms with Crippen molar-refractivity contribution in [1.29, 1.82) is 0 Å². The van der Waals surface area contributed by atoms with Gasteiger partial charge in [0.2, 0.25) is 5.88 Å². The zero-order chi connectivity index (χ0) is 13.8. The van der Waals surface area contributed by atoms with E-state index >= 15 is 0 Å². The molecule has 2 aromatic rings. The number of halogens is 1. The minimum absolute atomic E-state index is 0.327. The summed E-state index contributed by atoms with van der Waals surface area (Å²) in [5.41, 5.74) is 8.07. The third kappa shape index (κ3) is 3.66. The van der Waals surface area contributed by atoms with E-state index in [2.05, 4.69) is 4.98 Å². The molecule has 0 radical (unpaired) electrons. The van der Waals surface area contributed by atoms with Crippen molar-refractivity contribution in [2.45, 2.75) is 13.5 Å². The number of aromatic nitrogens is 1. The average molecular weight is 293 g/mol. The molecule has 1 heterocycles. The SMILES string of the molecule is Cc1cc(C(N)=S)cc(OCc2ccccc2Cl)n1. The van der Waals surface area contributed by atoms with Crippen molar-refractivity contribution in [1.82, 2.24) is 4.98 Å². The number of aryl methyl sites for hydroxylation is 1. The summed E-state index contributed by atoms with van der Waals surface area (Å²) in [6.07, 6.45) is 0. The number of benzene rings is 1. The molecular weight excluding hydrogens is 280 g/mol. The first-order valence-electron chi connectivity index (χ1n) is 5.71. The third-order valence-corrected chi connectivity index (χ3v) is 3.15. The van der Waals surface area contributed by atoms with Crippen LogP contribution in [-0.2, 0) is 6.61 Å². The summed E-state index contributed by atoms with van der Waals surface area (Å²) in [5, 5.41) is 0.671. The maximum atomic E-state index is 6.06. The van der Waals surface area contributed by atoms with Crippen LogP contribution in [0.5, 0.6) is 5.88 Å². The van der Waals surface area contributed by atoms with Crippen LogP contribution in [0.3, 0.4) is 0 Å². The summed E-state index contributed by atoms with van der Waals surface area (Å²) in [4.78, 5) is 4.61. The molecule has 0 fully saturated rings. The minimum Gasteiger partial charge on any atom is -0.473 e. The lowest BCUT2D eigenvalue weighted by Gasteiger charge is -2.09. The van der Waals surface area contributed by atoms with Gasteiger partial charge in [0.15, 0.2) is 0 Å². The Labute approximate surface area is 122 Å². The molecule has 1 aromatic heterocycles. The van der Waals surface area contributed by atoms with Crippen LogP contribution in [0, 0.1) is 6.92 Å². The lowest BCUT2D eigenvalue weighted by molar-refractivity contribution is 0.293. The Bertz CT molecular complexity index is 616. The van der Waals surface area contributed by atoms with Gasteiger partial charge >= 0.3 is 0 Å². The van der Waals surface area contributed by atoms with E-state index in [0.717, 1.165) is 16.8 Å². The van der Waals surface area contributed by atoms with Crippen LogP contribution < -0.4 is 10.5 Å². The predicted molar refractivity (Wildman–Crippen MR) is 80.6 cm³/mol. The normalized spacial score (nSPS) is 10.2. The lowest BCUT2D eigenvalue weighted by Crippen LogP contribution is -2.10. The van der Waals surface area contributed by atoms with Gasteiger partial charge in [-0.15, -0.1) is 0 Å². The molecule has 98 valence electrons. The van der Waals surface area contributed by atoms with Gasteiger partial charge in [-0.1, -0.05) is 42.0 Å². The fourth-order valence-corrected chi connectivity index (χ4v) is 1.93. The maximum Gasteiger partial charge on any atom is 0.214 e. The largest absolute Gasteiger partial charge is 0.473 e. The van der Waals surface area contributed by atoms with Crippen molar-refractivity contribution < 1.29 is 4.74 Å². The standard InChI is InChI=1S/C14H13ClN2OS/c1-9-6-11(14(16)19)7-13(17-9)18-8-10-4-2-3-5-12(10)15/h2-7H,8H2,1H3,(H2,16,19). The van der Waals surface area contributed by atoms with Crippen LogP contribution in [-0.4, -0.2) is 9.97 Å². The number of pyridine rings is 1. The fraction of sp³-hybridized carbons (Fsp3) is 0.143. The molecular formula is C14H13ClN2OS. The lowest BCUT2D eigenvalue weighted by atomic mass is 10.2. The summed E-state index contributed by atoms with van der Waals surface area (Å²) >= 11 is 11.0. The van der Waals surface area contributed by atoms with E-state index in [1.165, 1.54) is 0 Å². The number of nitrogens with zero attached hydrogens (tertiary/aromatic N) is 1. The van der Waals surface area contributed by atoms with Gasteiger partial charge in [0, 0.05) is 27.9 Å². The van der Waals surface area contributed by atoms with Gasteiger partial charge < -0.3 is 10.5 Å². The summed E-state index contributed by atoms with van der Waals surface area (Å²) < 4.78 is 5.63. The number of nitrogens with two attached hydrogens (primary N) is 1. The van der Waals surface area contributed by atoms with Crippen molar-refractivity contribution in [3.05, 3.63) is 58.2 Å². The van der Waals surface area contributed by atoms with Crippen LogP contribution in [0.2, 0.25) is 5.02 Å². The first-order valence-corrected chi connectivity index (χ1v) is 6.49. The van der Waals surface area contributed by atoms with E-state index < -0.39 is 0 Å². The Morgan fingerprint density at radius 2 is 2.11 bits per heavy atom. The highest BCUT2D eigenvalue weighted by molar-refractivity contribution is 7.80. The van der Waals surface area contributed by atoms with Crippen molar-refractivity contribution >= 4 is 28.8 Å². The molecule has 0 aliphatic rings. The van der Waals surface area contributed by atoms with E-state index in [9.17, 15) is 0 Å². The summed E-state index contributed by atoms with van der Waals surface area (Å²) in [5.74, 6) is 0.489. The molecule has 0 aliphatic heterocycles. The van der Waals surface area contributed by atoms with Crippen LogP contribution in [0.25, 0.3) is 0 Å². The van der Waals surface area contributed by atoms with Crippen molar-refractivity contribution in [3.8, 4) is 5.88 Å². The maximum absolute atomic E-state index is 6.06. The highest BCUT2D eigenvalue weighted by Gasteiger charge is 2.05. The van der Waals surface area contributed by atoms with E-state index in [-0.39, 0.29) is 0 Å². The molecule has 2 N–H and O–H groups in total. The Morgan fingerprint density at radius 3 is 2.79 bits per heavy atom. The zero-order valence-corrected chi connectivity index (χ0v) is 12.0. The van der Waals surface area contributed by atoms with E-state index in [0.29, 0.717) is 22.5 Å². The molecule has 0 bridgehead atoms. The van der Waals surface area contributed by atoms with Crippen molar-refractivity contribution in [3.63, 3.8) is 0 Å². The van der Waals surface area contributed by atoms with Gasteiger partial charge in [-0.05, 0) is 19.1 Å². The Morgan fingerprint density at radius 1 is 1.37 bits per heavy atom. The Balaban J connectivity index is 2.16. The van der Waals surface area contributed by atoms with Crippen LogP contribution in [0.1, 0.15) is 16.8 Å². The van der Waals surface area contributed by atoms with Gasteiger partial charge in [-0.25, -0.2) is 4.98 Å². The molecule has 0 amide bonds.